The monoisotopic (exact) mass is 201 g/mol. The smallest absolute Gasteiger partial charge is 0.132 e. The molecule has 1 aromatic carbocycles. The van der Waals surface area contributed by atoms with Gasteiger partial charge in [0.05, 0.1) is 0 Å². The molecule has 4 nitrogen and oxygen atoms in total. The van der Waals surface area contributed by atoms with Gasteiger partial charge in [-0.2, -0.15) is 0 Å². The van der Waals surface area contributed by atoms with Crippen molar-refractivity contribution in [1.29, 1.82) is 0 Å². The molecule has 0 amide bonds. The average Bonchev–Trinajstić information content (AvgIpc) is 2.24. The van der Waals surface area contributed by atoms with Crippen LogP contribution >= 0.6 is 0 Å². The Labute approximate surface area is 87.4 Å². The molecule has 76 valence electrons. The molecule has 0 spiro atoms. The van der Waals surface area contributed by atoms with Crippen LogP contribution in [0.4, 0.5) is 5.69 Å². The largest absolute Gasteiger partial charge is 0.508 e. The van der Waals surface area contributed by atoms with Gasteiger partial charge in [0.2, 0.25) is 0 Å². The van der Waals surface area contributed by atoms with Gasteiger partial charge in [0.15, 0.2) is 0 Å². The number of aromatic nitrogens is 2. The molecule has 0 unspecified atom stereocenters. The Bertz CT molecular complexity index is 457. The van der Waals surface area contributed by atoms with E-state index in [0.29, 0.717) is 17.9 Å². The molecule has 1 aromatic heterocycles. The number of aromatic hydroxyl groups is 1. The number of nitrogen functional groups attached to an aromatic ring is 1. The van der Waals surface area contributed by atoms with E-state index >= 15 is 0 Å². The van der Waals surface area contributed by atoms with Crippen LogP contribution in [-0.2, 0) is 6.42 Å². The zero-order valence-electron chi connectivity index (χ0n) is 8.09. The molecule has 2 rings (SSSR count). The van der Waals surface area contributed by atoms with E-state index in [1.807, 2.05) is 0 Å². The summed E-state index contributed by atoms with van der Waals surface area (Å²) in [5, 5.41) is 9.62. The number of anilines is 1. The Kier molecular flexibility index (Phi) is 2.49. The second-order valence-electron chi connectivity index (χ2n) is 3.23. The van der Waals surface area contributed by atoms with Crippen molar-refractivity contribution in [3.63, 3.8) is 0 Å². The summed E-state index contributed by atoms with van der Waals surface area (Å²) in [6.07, 6.45) is 3.86. The highest BCUT2D eigenvalue weighted by Gasteiger charge is 2.03. The number of phenols is 1. The number of hydrogen-bond donors (Lipinski definition) is 2. The minimum Gasteiger partial charge on any atom is -0.508 e. The molecule has 0 aliphatic carbocycles. The third-order valence-corrected chi connectivity index (χ3v) is 2.08. The molecular formula is C11H11N3O. The Morgan fingerprint density at radius 3 is 2.60 bits per heavy atom. The standard InChI is InChI=1S/C11H11N3O/c12-9-3-2-8(10(15)7-9)6-11-13-4-1-5-14-11/h1-5,7,15H,6,12H2. The molecular weight excluding hydrogens is 190 g/mol. The maximum absolute atomic E-state index is 9.62. The molecule has 0 atom stereocenters. The van der Waals surface area contributed by atoms with Crippen LogP contribution in [0, 0.1) is 0 Å². The number of nitrogens with two attached hydrogens (primary N) is 1. The van der Waals surface area contributed by atoms with E-state index in [1.165, 1.54) is 6.07 Å². The lowest BCUT2D eigenvalue weighted by atomic mass is 10.1. The number of rotatable bonds is 2. The van der Waals surface area contributed by atoms with Gasteiger partial charge in [0.25, 0.3) is 0 Å². The number of hydrogen-bond acceptors (Lipinski definition) is 4. The van der Waals surface area contributed by atoms with Crippen LogP contribution in [0.1, 0.15) is 11.4 Å². The van der Waals surface area contributed by atoms with Gasteiger partial charge < -0.3 is 10.8 Å². The van der Waals surface area contributed by atoms with Crippen LogP contribution in [0.2, 0.25) is 0 Å². The predicted molar refractivity (Wildman–Crippen MR) is 57.4 cm³/mol. The van der Waals surface area contributed by atoms with Gasteiger partial charge in [-0.25, -0.2) is 9.97 Å². The lowest BCUT2D eigenvalue weighted by Crippen LogP contribution is -1.96. The number of nitrogens with zero attached hydrogens (tertiary/aromatic N) is 2. The Morgan fingerprint density at radius 2 is 1.93 bits per heavy atom. The first-order valence-corrected chi connectivity index (χ1v) is 4.59. The van der Waals surface area contributed by atoms with E-state index < -0.39 is 0 Å². The fourth-order valence-electron chi connectivity index (χ4n) is 1.32. The second-order valence-corrected chi connectivity index (χ2v) is 3.23. The van der Waals surface area contributed by atoms with Gasteiger partial charge in [-0.05, 0) is 12.1 Å². The highest BCUT2D eigenvalue weighted by atomic mass is 16.3. The topological polar surface area (TPSA) is 72.0 Å². The molecule has 0 aliphatic rings. The van der Waals surface area contributed by atoms with Gasteiger partial charge in [0, 0.05) is 36.1 Å². The second kappa shape index (κ2) is 3.96. The number of benzene rings is 1. The van der Waals surface area contributed by atoms with Crippen molar-refractivity contribution in [2.45, 2.75) is 6.42 Å². The molecule has 0 bridgehead atoms. The molecule has 15 heavy (non-hydrogen) atoms. The van der Waals surface area contributed by atoms with Crippen molar-refractivity contribution in [3.05, 3.63) is 48.0 Å². The summed E-state index contributed by atoms with van der Waals surface area (Å²) in [4.78, 5) is 8.17. The lowest BCUT2D eigenvalue weighted by Gasteiger charge is -2.03. The molecule has 3 N–H and O–H groups in total. The highest BCUT2D eigenvalue weighted by Crippen LogP contribution is 2.21. The lowest BCUT2D eigenvalue weighted by molar-refractivity contribution is 0.469. The quantitative estimate of drug-likeness (QED) is 0.719. The summed E-state index contributed by atoms with van der Waals surface area (Å²) in [6.45, 7) is 0. The first-order valence-electron chi connectivity index (χ1n) is 4.59. The van der Waals surface area contributed by atoms with Crippen molar-refractivity contribution in [1.82, 2.24) is 9.97 Å². The minimum atomic E-state index is 0.183. The first-order chi connectivity index (χ1) is 7.25. The summed E-state index contributed by atoms with van der Waals surface area (Å²) >= 11 is 0. The van der Waals surface area contributed by atoms with Gasteiger partial charge in [-0.1, -0.05) is 6.07 Å². The molecule has 0 fully saturated rings. The van der Waals surface area contributed by atoms with E-state index in [1.54, 1.807) is 30.6 Å². The van der Waals surface area contributed by atoms with E-state index in [-0.39, 0.29) is 5.75 Å². The molecule has 1 heterocycles. The van der Waals surface area contributed by atoms with Crippen molar-refractivity contribution in [3.8, 4) is 5.75 Å². The third kappa shape index (κ3) is 2.22. The van der Waals surface area contributed by atoms with Crippen molar-refractivity contribution in [2.24, 2.45) is 0 Å². The van der Waals surface area contributed by atoms with E-state index in [9.17, 15) is 5.11 Å². The molecule has 0 saturated heterocycles. The number of phenolic OH excluding ortho intramolecular Hbond substituents is 1. The van der Waals surface area contributed by atoms with Crippen molar-refractivity contribution < 1.29 is 5.11 Å². The maximum atomic E-state index is 9.62. The van der Waals surface area contributed by atoms with E-state index in [0.717, 1.165) is 5.56 Å². The highest BCUT2D eigenvalue weighted by molar-refractivity contribution is 5.48. The van der Waals surface area contributed by atoms with Crippen LogP contribution in [0.15, 0.2) is 36.7 Å². The molecule has 0 saturated carbocycles. The zero-order chi connectivity index (χ0) is 10.7. The summed E-state index contributed by atoms with van der Waals surface area (Å²) in [5.74, 6) is 0.861. The third-order valence-electron chi connectivity index (χ3n) is 2.08. The Balaban J connectivity index is 2.25. The molecule has 4 heteroatoms. The van der Waals surface area contributed by atoms with Crippen LogP contribution < -0.4 is 5.73 Å². The Morgan fingerprint density at radius 1 is 1.20 bits per heavy atom. The summed E-state index contributed by atoms with van der Waals surface area (Å²) in [7, 11) is 0. The molecule has 0 aliphatic heterocycles. The first kappa shape index (κ1) is 9.45. The normalized spacial score (nSPS) is 10.1. The van der Waals surface area contributed by atoms with Crippen LogP contribution in [0.5, 0.6) is 5.75 Å². The van der Waals surface area contributed by atoms with E-state index in [4.69, 9.17) is 5.73 Å². The minimum absolute atomic E-state index is 0.183. The average molecular weight is 201 g/mol. The van der Waals surface area contributed by atoms with Crippen LogP contribution in [0.3, 0.4) is 0 Å². The maximum Gasteiger partial charge on any atom is 0.132 e. The van der Waals surface area contributed by atoms with E-state index in [2.05, 4.69) is 9.97 Å². The van der Waals surface area contributed by atoms with Crippen molar-refractivity contribution in [2.75, 3.05) is 5.73 Å². The van der Waals surface area contributed by atoms with Gasteiger partial charge in [-0.15, -0.1) is 0 Å². The van der Waals surface area contributed by atoms with Gasteiger partial charge in [-0.3, -0.25) is 0 Å². The molecule has 0 radical (unpaired) electrons. The summed E-state index contributed by atoms with van der Waals surface area (Å²) in [6, 6.07) is 6.81. The summed E-state index contributed by atoms with van der Waals surface area (Å²) in [5.41, 5.74) is 6.85. The fraction of sp³-hybridized carbons (Fsp3) is 0.0909. The van der Waals surface area contributed by atoms with Crippen LogP contribution in [-0.4, -0.2) is 15.1 Å². The fourth-order valence-corrected chi connectivity index (χ4v) is 1.32. The van der Waals surface area contributed by atoms with Crippen LogP contribution in [0.25, 0.3) is 0 Å². The van der Waals surface area contributed by atoms with Crippen molar-refractivity contribution >= 4 is 5.69 Å². The van der Waals surface area contributed by atoms with Gasteiger partial charge >= 0.3 is 0 Å². The Hall–Kier alpha value is -2.10. The predicted octanol–water partition coefficient (Wildman–Crippen LogP) is 1.36. The van der Waals surface area contributed by atoms with Gasteiger partial charge in [0.1, 0.15) is 11.6 Å². The SMILES string of the molecule is Nc1ccc(Cc2ncccn2)c(O)c1. The molecule has 2 aromatic rings. The zero-order valence-corrected chi connectivity index (χ0v) is 8.09. The summed E-state index contributed by atoms with van der Waals surface area (Å²) < 4.78 is 0.